The average Bonchev–Trinajstić information content (AvgIpc) is 1.41. The van der Waals surface area contributed by atoms with Crippen LogP contribution in [0.5, 0.6) is 11.5 Å². The molecule has 44 heteroatoms. The number of alkyl halides is 2. The van der Waals surface area contributed by atoms with Gasteiger partial charge in [-0.15, -0.1) is 11.8 Å². The average molecular weight is 1620 g/mol. The number of unbranched alkanes of at least 4 members (excludes halogenated alkanes) is 3. The molecular weight excluding hydrogens is 1550 g/mol. The Morgan fingerprint density at radius 1 is 0.714 bits per heavy atom. The molecule has 4 aliphatic rings. The molecular formula is C68H72F2N14O25S3. The van der Waals surface area contributed by atoms with E-state index in [1.54, 1.807) is 6.07 Å². The number of rotatable bonds is 35. The van der Waals surface area contributed by atoms with E-state index in [0.717, 1.165) is 23.1 Å². The van der Waals surface area contributed by atoms with Gasteiger partial charge < -0.3 is 84.1 Å². The van der Waals surface area contributed by atoms with Crippen LogP contribution in [0.1, 0.15) is 125 Å². The number of nitrogens with zero attached hydrogens (tertiary/aromatic N) is 4. The van der Waals surface area contributed by atoms with Gasteiger partial charge in [-0.1, -0.05) is 18.2 Å². The summed E-state index contributed by atoms with van der Waals surface area (Å²) in [6.07, 6.45) is -2.81. The number of nitrogens with one attached hydrogen (secondary N) is 7. The minimum atomic E-state index is -5.27. The molecule has 0 radical (unpaired) electrons. The van der Waals surface area contributed by atoms with Crippen LogP contribution in [0, 0.1) is 11.3 Å². The Morgan fingerprint density at radius 2 is 1.31 bits per heavy atom. The smallest absolute Gasteiger partial charge is 0.340 e. The van der Waals surface area contributed by atoms with E-state index in [2.05, 4.69) is 42.2 Å². The van der Waals surface area contributed by atoms with Crippen LogP contribution >= 0.6 is 11.8 Å². The number of carboxylic acids is 3. The van der Waals surface area contributed by atoms with Crippen molar-refractivity contribution < 1.29 is 127 Å². The lowest BCUT2D eigenvalue weighted by atomic mass is 9.77. The van der Waals surface area contributed by atoms with E-state index < -0.39 is 240 Å². The minimum Gasteiger partial charge on any atom is -0.481 e. The van der Waals surface area contributed by atoms with Gasteiger partial charge in [-0.2, -0.15) is 22.1 Å². The summed E-state index contributed by atoms with van der Waals surface area (Å²) < 4.78 is 111. The van der Waals surface area contributed by atoms with E-state index in [9.17, 15) is 122 Å². The Morgan fingerprint density at radius 3 is 1.92 bits per heavy atom. The first kappa shape index (κ1) is 84.0. The van der Waals surface area contributed by atoms with E-state index >= 15 is 0 Å². The normalized spacial score (nSPS) is 16.9. The van der Waals surface area contributed by atoms with Gasteiger partial charge in [0, 0.05) is 78.4 Å². The highest BCUT2D eigenvalue weighted by molar-refractivity contribution is 8.00. The number of anilines is 3. The second-order valence-corrected chi connectivity index (χ2v) is 29.9. The van der Waals surface area contributed by atoms with Crippen molar-refractivity contribution in [2.24, 2.45) is 5.73 Å². The number of fused-ring (bicyclic) bond motifs is 7. The summed E-state index contributed by atoms with van der Waals surface area (Å²) in [5.74, 6) is -21.1. The third-order valence-electron chi connectivity index (χ3n) is 18.1. The minimum absolute atomic E-state index is 0.00575. The molecule has 9 rings (SSSR count). The van der Waals surface area contributed by atoms with Crippen LogP contribution in [-0.4, -0.2) is 219 Å². The van der Waals surface area contributed by atoms with Gasteiger partial charge in [0.1, 0.15) is 30.2 Å². The van der Waals surface area contributed by atoms with Crippen LogP contribution < -0.4 is 59.2 Å². The zero-order chi connectivity index (χ0) is 82.1. The number of hydrogen-bond acceptors (Lipinski definition) is 26. The number of carbonyl (C=O) groups is 14. The molecule has 4 aromatic carbocycles. The number of nitrogen functional groups attached to an aromatic ring is 2. The van der Waals surface area contributed by atoms with Crippen molar-refractivity contribution >= 4 is 143 Å². The van der Waals surface area contributed by atoms with Crippen molar-refractivity contribution in [2.75, 3.05) is 55.3 Å². The second-order valence-electron chi connectivity index (χ2n) is 26.0. The highest BCUT2D eigenvalue weighted by Crippen LogP contribution is 2.60. The molecule has 596 valence electrons. The largest absolute Gasteiger partial charge is 0.481 e. The number of esters is 1. The molecule has 2 fully saturated rings. The van der Waals surface area contributed by atoms with Gasteiger partial charge in [-0.3, -0.25) is 76.5 Å². The first-order valence-electron chi connectivity index (χ1n) is 34.0. The summed E-state index contributed by atoms with van der Waals surface area (Å²) in [4.78, 5) is 188. The van der Waals surface area contributed by atoms with Crippen molar-refractivity contribution in [2.45, 2.75) is 134 Å². The summed E-state index contributed by atoms with van der Waals surface area (Å²) in [5.41, 5.74) is 13.2. The first-order valence-corrected chi connectivity index (χ1v) is 37.9. The highest BCUT2D eigenvalue weighted by atomic mass is 32.2. The SMILES string of the molecule is N#C[C@@H]1CC(F)(F)CN1C(=O)CNC(=O)c1ccnc2c(NC(=O)CCC(=O)N[C@@H](CC(=O)O)C(=O)N[C@@H](CCCCN)C(=O)N[C@@H](CC(=O)O)C(=O)N[C@@H](CSC3CC(=O)N(CCCCCNC(=O)c4ccc5c(c4)C(=O)OC54c5ccc(N)c(S(=O)(=O)O)c5Oc5c4ccc(N)c5S(=O)(=O)O)C3=O)C(=O)O)cccc12. The van der Waals surface area contributed by atoms with Crippen molar-refractivity contribution in [3.8, 4) is 17.6 Å². The van der Waals surface area contributed by atoms with E-state index in [4.69, 9.17) is 26.7 Å². The number of aliphatic carboxylic acids is 3. The lowest BCUT2D eigenvalue weighted by Gasteiger charge is -2.37. The molecule has 0 aliphatic carbocycles. The monoisotopic (exact) mass is 1620 g/mol. The number of halogens is 2. The number of nitrogens with two attached hydrogens (primary N) is 3. The molecule has 10 amide bonds. The van der Waals surface area contributed by atoms with Crippen molar-refractivity contribution in [3.63, 3.8) is 0 Å². The number of para-hydroxylation sites is 1. The predicted molar refractivity (Wildman–Crippen MR) is 382 cm³/mol. The quantitative estimate of drug-likeness (QED) is 0.00849. The molecule has 5 heterocycles. The molecule has 39 nitrogen and oxygen atoms in total. The van der Waals surface area contributed by atoms with Gasteiger partial charge in [0.05, 0.1) is 71.0 Å². The molecule has 0 bridgehead atoms. The summed E-state index contributed by atoms with van der Waals surface area (Å²) in [7, 11) is -10.5. The predicted octanol–water partition coefficient (Wildman–Crippen LogP) is 0.232. The number of amides is 10. The molecule has 2 saturated heterocycles. The Labute approximate surface area is 637 Å². The molecule has 4 aliphatic heterocycles. The molecule has 1 unspecified atom stereocenters. The maximum atomic E-state index is 14.0. The fourth-order valence-corrected chi connectivity index (χ4v) is 15.5. The number of likely N-dealkylation sites (tertiary alicyclic amines) is 2. The highest BCUT2D eigenvalue weighted by Gasteiger charge is 2.56. The molecule has 18 N–H and O–H groups in total. The Bertz CT molecular complexity index is 4920. The third kappa shape index (κ3) is 19.2. The Balaban J connectivity index is 0.747. The molecule has 6 atom stereocenters. The number of pyridine rings is 1. The van der Waals surface area contributed by atoms with Crippen LogP contribution in [0.3, 0.4) is 0 Å². The van der Waals surface area contributed by atoms with Crippen LogP contribution in [0.4, 0.5) is 25.8 Å². The molecule has 0 saturated carbocycles. The number of carbonyl (C=O) groups excluding carboxylic acids is 11. The Kier molecular flexibility index (Phi) is 26.2. The van der Waals surface area contributed by atoms with Gasteiger partial charge in [-0.05, 0) is 93.6 Å². The van der Waals surface area contributed by atoms with Gasteiger partial charge in [-0.25, -0.2) is 18.4 Å². The summed E-state index contributed by atoms with van der Waals surface area (Å²) in [6, 6.07) is 6.35. The van der Waals surface area contributed by atoms with Crippen LogP contribution in [-0.2, 0) is 83.3 Å². The maximum Gasteiger partial charge on any atom is 0.340 e. The van der Waals surface area contributed by atoms with E-state index in [0.29, 0.717) is 23.1 Å². The number of nitriles is 1. The topological polar surface area (TPSA) is 632 Å². The summed E-state index contributed by atoms with van der Waals surface area (Å²) in [5, 5.41) is 54.2. The maximum absolute atomic E-state index is 14.0. The van der Waals surface area contributed by atoms with E-state index in [1.165, 1.54) is 54.7 Å². The van der Waals surface area contributed by atoms with E-state index in [-0.39, 0.29) is 102 Å². The van der Waals surface area contributed by atoms with Crippen LogP contribution in [0.15, 0.2) is 82.7 Å². The van der Waals surface area contributed by atoms with Gasteiger partial charge in [0.25, 0.3) is 38.0 Å². The second kappa shape index (κ2) is 34.9. The number of ether oxygens (including phenoxy) is 2. The number of hydrogen-bond donors (Lipinski definition) is 15. The van der Waals surface area contributed by atoms with Crippen LogP contribution in [0.25, 0.3) is 10.9 Å². The summed E-state index contributed by atoms with van der Waals surface area (Å²) >= 11 is 0.667. The molecule has 1 aromatic heterocycles. The fourth-order valence-electron chi connectivity index (χ4n) is 12.9. The molecule has 5 aromatic rings. The standard InChI is InChI=1S/C68H72F2N14O25S3/c69-67(70)27-33(28-72)84(31-67)51(88)29-77-60(94)35-18-21-75-54-34(35)7-6-9-42(54)78-48(85)16-17-49(86)79-44(24-52(89)90)62(96)80-43(8-2-3-19-71)61(95)81-45(25-53(91)92)63(97)82-46(65(99)100)30-110-47-26-50(87)83(64(47)98)22-5-1-4-20-76-59(93)32-10-11-37-36(23-32)66(101)109-68(37)38-12-14-40(73)57(111(102,103)104)55(38)108-56-39(68)13-15-41(74)58(56)112(105,106)107/h6-7,9-15,18,21,23,33,43-47H,1-5,8,16-17,19-20,22,24-27,29-31,71,73-74H2,(H,76,93)(H,77,94)(H,78,85)(H,79,86)(H,80,96)(H,81,95)(H,82,97)(H,89,90)(H,91,92)(H,99,100)(H,102,103,104)(H,105,106,107)/t33-,43-,44-,45-,46-,47?/m0/s1. The van der Waals surface area contributed by atoms with Gasteiger partial charge in [0.15, 0.2) is 26.9 Å². The fraction of sp³-hybridized carbons (Fsp3) is 0.382. The summed E-state index contributed by atoms with van der Waals surface area (Å²) in [6.45, 7) is -1.80. The lowest BCUT2D eigenvalue weighted by Crippen LogP contribution is -2.58. The van der Waals surface area contributed by atoms with Crippen LogP contribution in [0.2, 0.25) is 0 Å². The zero-order valence-corrected chi connectivity index (χ0v) is 61.0. The van der Waals surface area contributed by atoms with Gasteiger partial charge >= 0.3 is 23.9 Å². The van der Waals surface area contributed by atoms with Crippen molar-refractivity contribution in [3.05, 3.63) is 106 Å². The zero-order valence-electron chi connectivity index (χ0n) is 58.5. The van der Waals surface area contributed by atoms with Gasteiger partial charge in [0.2, 0.25) is 47.3 Å². The number of carboxylic acid groups (broad SMARTS) is 3. The number of benzene rings is 4. The first-order chi connectivity index (χ1) is 52.8. The molecule has 1 spiro atoms. The van der Waals surface area contributed by atoms with E-state index in [1.807, 2.05) is 0 Å². The lowest BCUT2D eigenvalue weighted by molar-refractivity contribution is -0.143. The third-order valence-corrected chi connectivity index (χ3v) is 21.3. The van der Waals surface area contributed by atoms with Crippen molar-refractivity contribution in [1.82, 2.24) is 46.7 Å². The van der Waals surface area contributed by atoms with Crippen molar-refractivity contribution in [1.29, 1.82) is 5.26 Å². The molecule has 112 heavy (non-hydrogen) atoms. The number of imide groups is 1. The number of aromatic nitrogens is 1. The Hall–Kier alpha value is -12.1. The number of thioether (sulfide) groups is 1.